The number of rotatable bonds is 0. The molecule has 0 atom stereocenters. The summed E-state index contributed by atoms with van der Waals surface area (Å²) in [6.45, 7) is 6.85. The van der Waals surface area contributed by atoms with Crippen LogP contribution >= 0.6 is 0 Å². The summed E-state index contributed by atoms with van der Waals surface area (Å²) >= 11 is 0. The molecule has 0 radical (unpaired) electrons. The zero-order chi connectivity index (χ0) is 12.2. The molecule has 0 saturated carbocycles. The van der Waals surface area contributed by atoms with Gasteiger partial charge in [-0.25, -0.2) is 0 Å². The molecule has 1 aliphatic rings. The molecule has 1 aliphatic carbocycles. The Balaban J connectivity index is 0.000000386. The molecule has 0 bridgehead atoms. The van der Waals surface area contributed by atoms with E-state index >= 15 is 0 Å². The van der Waals surface area contributed by atoms with Crippen molar-refractivity contribution >= 4 is 12.2 Å². The van der Waals surface area contributed by atoms with Gasteiger partial charge in [-0.1, -0.05) is 56.7 Å². The van der Waals surface area contributed by atoms with Crippen LogP contribution in [0.15, 0.2) is 29.8 Å². The average Bonchev–Trinajstić information content (AvgIpc) is 2.61. The van der Waals surface area contributed by atoms with Crippen molar-refractivity contribution in [2.45, 2.75) is 27.2 Å². The molecule has 1 aromatic rings. The molecular weight excluding hydrogens is 200 g/mol. The van der Waals surface area contributed by atoms with Gasteiger partial charge >= 0.3 is 6.15 Å². The van der Waals surface area contributed by atoms with E-state index in [0.29, 0.717) is 5.41 Å². The fraction of sp³-hybridized carbons (Fsp3) is 0.357. The first-order chi connectivity index (χ1) is 7.49. The van der Waals surface area contributed by atoms with Gasteiger partial charge < -0.3 is 0 Å². The van der Waals surface area contributed by atoms with E-state index in [-0.39, 0.29) is 6.15 Å². The Labute approximate surface area is 96.0 Å². The molecule has 16 heavy (non-hydrogen) atoms. The normalized spacial score (nSPS) is 13.1. The van der Waals surface area contributed by atoms with E-state index in [1.165, 1.54) is 11.1 Å². The van der Waals surface area contributed by atoms with Crippen molar-refractivity contribution in [1.29, 1.82) is 0 Å². The zero-order valence-corrected chi connectivity index (χ0v) is 9.91. The van der Waals surface area contributed by atoms with Crippen molar-refractivity contribution in [3.63, 3.8) is 0 Å². The predicted octanol–water partition coefficient (Wildman–Crippen LogP) is 3.09. The second kappa shape index (κ2) is 4.91. The van der Waals surface area contributed by atoms with Gasteiger partial charge in [0.05, 0.1) is 0 Å². The molecule has 84 valence electrons. The van der Waals surface area contributed by atoms with E-state index in [1.54, 1.807) is 5.57 Å². The van der Waals surface area contributed by atoms with Gasteiger partial charge in [0.25, 0.3) is 0 Å². The van der Waals surface area contributed by atoms with Crippen LogP contribution in [0.5, 0.6) is 0 Å². The molecule has 0 fully saturated rings. The van der Waals surface area contributed by atoms with Crippen molar-refractivity contribution in [2.75, 3.05) is 0 Å². The van der Waals surface area contributed by atoms with E-state index in [1.807, 2.05) is 0 Å². The summed E-state index contributed by atoms with van der Waals surface area (Å²) < 4.78 is 0. The Morgan fingerprint density at radius 1 is 1.12 bits per heavy atom. The Bertz CT molecular complexity index is 430. The van der Waals surface area contributed by atoms with Gasteiger partial charge in [-0.3, -0.25) is 0 Å². The van der Waals surface area contributed by atoms with Gasteiger partial charge in [0.2, 0.25) is 0 Å². The minimum Gasteiger partial charge on any atom is -0.186 e. The van der Waals surface area contributed by atoms with Gasteiger partial charge in [-0.05, 0) is 23.0 Å². The summed E-state index contributed by atoms with van der Waals surface area (Å²) in [7, 11) is 0. The molecule has 0 aliphatic heterocycles. The molecule has 0 heterocycles. The van der Waals surface area contributed by atoms with E-state index in [0.717, 1.165) is 6.42 Å². The summed E-state index contributed by atoms with van der Waals surface area (Å²) in [6.07, 6.45) is 3.73. The quantitative estimate of drug-likeness (QED) is 0.667. The van der Waals surface area contributed by atoms with E-state index in [2.05, 4.69) is 51.1 Å². The molecule has 0 saturated heterocycles. The highest BCUT2D eigenvalue weighted by molar-refractivity contribution is 5.64. The van der Waals surface area contributed by atoms with Gasteiger partial charge in [-0.15, -0.1) is 0 Å². The summed E-state index contributed by atoms with van der Waals surface area (Å²) in [5.74, 6) is 0. The van der Waals surface area contributed by atoms with Crippen molar-refractivity contribution in [2.24, 2.45) is 5.41 Å². The lowest BCUT2D eigenvalue weighted by Crippen LogP contribution is -2.08. The third-order valence-electron chi connectivity index (χ3n) is 2.73. The maximum absolute atomic E-state index is 8.12. The second-order valence-corrected chi connectivity index (χ2v) is 4.88. The smallest absolute Gasteiger partial charge is 0.186 e. The fourth-order valence-electron chi connectivity index (χ4n) is 1.76. The minimum absolute atomic E-state index is 0.250. The second-order valence-electron chi connectivity index (χ2n) is 4.88. The third-order valence-corrected chi connectivity index (χ3v) is 2.73. The number of fused-ring (bicyclic) bond motifs is 1. The van der Waals surface area contributed by atoms with E-state index < -0.39 is 0 Å². The molecule has 1 aromatic carbocycles. The van der Waals surface area contributed by atoms with Crippen LogP contribution in [-0.2, 0) is 16.0 Å². The number of allylic oxidation sites excluding steroid dienone is 1. The summed E-state index contributed by atoms with van der Waals surface area (Å²) in [5, 5.41) is 0. The molecule has 2 nitrogen and oxygen atoms in total. The van der Waals surface area contributed by atoms with Gasteiger partial charge in [0, 0.05) is 0 Å². The third kappa shape index (κ3) is 2.91. The molecule has 2 rings (SSSR count). The van der Waals surface area contributed by atoms with Crippen LogP contribution in [0, 0.1) is 5.41 Å². The van der Waals surface area contributed by atoms with E-state index in [9.17, 15) is 0 Å². The summed E-state index contributed by atoms with van der Waals surface area (Å²) in [4.78, 5) is 16.2. The largest absolute Gasteiger partial charge is 0.373 e. The number of hydrogen-bond acceptors (Lipinski definition) is 2. The first kappa shape index (κ1) is 12.4. The van der Waals surface area contributed by atoms with Gasteiger partial charge in [-0.2, -0.15) is 9.59 Å². The highest BCUT2D eigenvalue weighted by Gasteiger charge is 2.22. The first-order valence-corrected chi connectivity index (χ1v) is 5.27. The van der Waals surface area contributed by atoms with E-state index in [4.69, 9.17) is 9.59 Å². The van der Waals surface area contributed by atoms with Crippen LogP contribution in [0.2, 0.25) is 0 Å². The standard InChI is InChI=1S/C13H16.CO2/c1-13(2,3)12-8-10-6-4-5-7-11(10)9-12;2-1-3/h4-8H,9H2,1-3H3;. The number of carbonyl (C=O) groups excluding carboxylic acids is 2. The van der Waals surface area contributed by atoms with Crippen molar-refractivity contribution in [1.82, 2.24) is 0 Å². The number of hydrogen-bond donors (Lipinski definition) is 0. The lowest BCUT2D eigenvalue weighted by molar-refractivity contribution is -0.191. The lowest BCUT2D eigenvalue weighted by Gasteiger charge is -2.19. The van der Waals surface area contributed by atoms with Crippen LogP contribution in [0.1, 0.15) is 31.9 Å². The molecule has 0 aromatic heterocycles. The Morgan fingerprint density at radius 3 is 2.19 bits per heavy atom. The van der Waals surface area contributed by atoms with Crippen molar-refractivity contribution in [3.05, 3.63) is 41.0 Å². The Hall–Kier alpha value is -1.66. The van der Waals surface area contributed by atoms with Crippen LogP contribution < -0.4 is 0 Å². The Kier molecular flexibility index (Phi) is 3.81. The monoisotopic (exact) mass is 216 g/mol. The molecule has 0 spiro atoms. The predicted molar refractivity (Wildman–Crippen MR) is 62.6 cm³/mol. The summed E-state index contributed by atoms with van der Waals surface area (Å²) in [5.41, 5.74) is 4.76. The molecule has 0 unspecified atom stereocenters. The van der Waals surface area contributed by atoms with Crippen LogP contribution in [0.3, 0.4) is 0 Å². The van der Waals surface area contributed by atoms with Crippen molar-refractivity contribution in [3.8, 4) is 0 Å². The topological polar surface area (TPSA) is 34.1 Å². The van der Waals surface area contributed by atoms with Crippen LogP contribution in [0.4, 0.5) is 0 Å². The zero-order valence-electron chi connectivity index (χ0n) is 9.91. The first-order valence-electron chi connectivity index (χ1n) is 5.27. The highest BCUT2D eigenvalue weighted by Crippen LogP contribution is 2.35. The molecule has 2 heteroatoms. The molecular formula is C14H16O2. The van der Waals surface area contributed by atoms with Gasteiger partial charge in [0.15, 0.2) is 0 Å². The molecule has 0 N–H and O–H groups in total. The molecule has 0 amide bonds. The van der Waals surface area contributed by atoms with Crippen molar-refractivity contribution < 1.29 is 9.59 Å². The van der Waals surface area contributed by atoms with Gasteiger partial charge in [0.1, 0.15) is 0 Å². The highest BCUT2D eigenvalue weighted by atomic mass is 16.2. The van der Waals surface area contributed by atoms with Crippen LogP contribution in [0.25, 0.3) is 6.08 Å². The minimum atomic E-state index is 0.250. The average molecular weight is 216 g/mol. The maximum Gasteiger partial charge on any atom is 0.373 e. The maximum atomic E-state index is 8.12. The lowest BCUT2D eigenvalue weighted by atomic mass is 9.85. The van der Waals surface area contributed by atoms with Crippen LogP contribution in [-0.4, -0.2) is 6.15 Å². The number of benzene rings is 1. The summed E-state index contributed by atoms with van der Waals surface area (Å²) in [6, 6.07) is 8.66. The Morgan fingerprint density at radius 2 is 1.69 bits per heavy atom. The SMILES string of the molecule is CC(C)(C)C1=Cc2ccccc2C1.O=C=O. The fourth-order valence-corrected chi connectivity index (χ4v) is 1.76.